The number of rotatable bonds is 6. The zero-order valence-electron chi connectivity index (χ0n) is 16.0. The second-order valence-corrected chi connectivity index (χ2v) is 7.80. The first-order valence-corrected chi connectivity index (χ1v) is 9.84. The van der Waals surface area contributed by atoms with Crippen LogP contribution in [0.25, 0.3) is 0 Å². The molecule has 5 heteroatoms. The average molecular weight is 379 g/mol. The highest BCUT2D eigenvalue weighted by atomic mass is 16.5. The van der Waals surface area contributed by atoms with Gasteiger partial charge in [-0.3, -0.25) is 9.59 Å². The summed E-state index contributed by atoms with van der Waals surface area (Å²) in [7, 11) is 0. The van der Waals surface area contributed by atoms with Crippen LogP contribution in [-0.4, -0.2) is 34.5 Å². The van der Waals surface area contributed by atoms with Gasteiger partial charge in [0.2, 0.25) is 5.91 Å². The molecule has 1 aliphatic heterocycles. The largest absolute Gasteiger partial charge is 0.489 e. The van der Waals surface area contributed by atoms with E-state index in [2.05, 4.69) is 0 Å². The summed E-state index contributed by atoms with van der Waals surface area (Å²) in [6.07, 6.45) is 1.39. The number of nitrogens with zero attached hydrogens (tertiary/aromatic N) is 1. The van der Waals surface area contributed by atoms with Crippen LogP contribution in [0, 0.1) is 11.8 Å². The van der Waals surface area contributed by atoms with E-state index in [0.29, 0.717) is 19.6 Å². The van der Waals surface area contributed by atoms with E-state index >= 15 is 0 Å². The standard InChI is InChI=1S/C23H25NO4/c1-15-19(23(26)27)11-12-24(15)22(25)21-13-20(21)17-7-9-18(10-8-17)28-14-16-5-3-2-4-6-16/h2-10,15,19-21H,11-14H2,1H3,(H,26,27). The fraction of sp³-hybridized carbons (Fsp3) is 0.391. The van der Waals surface area contributed by atoms with Gasteiger partial charge >= 0.3 is 5.97 Å². The second-order valence-electron chi connectivity index (χ2n) is 7.80. The number of carbonyl (C=O) groups excluding carboxylic acids is 1. The number of aliphatic carboxylic acids is 1. The van der Waals surface area contributed by atoms with Gasteiger partial charge in [-0.05, 0) is 48.9 Å². The van der Waals surface area contributed by atoms with E-state index in [-0.39, 0.29) is 23.8 Å². The lowest BCUT2D eigenvalue weighted by Crippen LogP contribution is -2.38. The van der Waals surface area contributed by atoms with Crippen molar-refractivity contribution in [2.75, 3.05) is 6.54 Å². The van der Waals surface area contributed by atoms with Gasteiger partial charge in [-0.15, -0.1) is 0 Å². The maximum Gasteiger partial charge on any atom is 0.308 e. The number of likely N-dealkylation sites (tertiary alicyclic amines) is 1. The van der Waals surface area contributed by atoms with Gasteiger partial charge in [-0.1, -0.05) is 42.5 Å². The monoisotopic (exact) mass is 379 g/mol. The SMILES string of the molecule is CC1C(C(=O)O)CCN1C(=O)C1CC1c1ccc(OCc2ccccc2)cc1. The fourth-order valence-electron chi connectivity index (χ4n) is 4.18. The molecular formula is C23H25NO4. The van der Waals surface area contributed by atoms with Crippen molar-refractivity contribution in [2.24, 2.45) is 11.8 Å². The second kappa shape index (κ2) is 7.66. The highest BCUT2D eigenvalue weighted by molar-refractivity contribution is 5.84. The molecule has 146 valence electrons. The van der Waals surface area contributed by atoms with Crippen LogP contribution < -0.4 is 4.74 Å². The van der Waals surface area contributed by atoms with Crippen molar-refractivity contribution in [1.29, 1.82) is 0 Å². The summed E-state index contributed by atoms with van der Waals surface area (Å²) in [5.41, 5.74) is 2.27. The quantitative estimate of drug-likeness (QED) is 0.831. The molecule has 2 aliphatic rings. The third-order valence-electron chi connectivity index (χ3n) is 6.02. The molecule has 0 spiro atoms. The van der Waals surface area contributed by atoms with Crippen LogP contribution in [0.3, 0.4) is 0 Å². The number of ether oxygens (including phenoxy) is 1. The molecule has 1 aliphatic carbocycles. The third-order valence-corrected chi connectivity index (χ3v) is 6.02. The van der Waals surface area contributed by atoms with Crippen molar-refractivity contribution in [1.82, 2.24) is 4.90 Å². The molecular weight excluding hydrogens is 354 g/mol. The van der Waals surface area contributed by atoms with Crippen molar-refractivity contribution in [2.45, 2.75) is 38.3 Å². The highest BCUT2D eigenvalue weighted by Crippen LogP contribution is 2.49. The van der Waals surface area contributed by atoms with E-state index in [4.69, 9.17) is 4.74 Å². The first kappa shape index (κ1) is 18.5. The fourth-order valence-corrected chi connectivity index (χ4v) is 4.18. The summed E-state index contributed by atoms with van der Waals surface area (Å²) < 4.78 is 5.82. The van der Waals surface area contributed by atoms with Gasteiger partial charge in [0.05, 0.1) is 5.92 Å². The Balaban J connectivity index is 1.32. The molecule has 2 fully saturated rings. The molecule has 4 unspecified atom stereocenters. The molecule has 0 radical (unpaired) electrons. The molecule has 1 heterocycles. The molecule has 5 nitrogen and oxygen atoms in total. The number of hydrogen-bond donors (Lipinski definition) is 1. The summed E-state index contributed by atoms with van der Waals surface area (Å²) in [6.45, 7) is 2.93. The third kappa shape index (κ3) is 3.75. The Kier molecular flexibility index (Phi) is 5.07. The van der Waals surface area contributed by atoms with E-state index in [1.165, 1.54) is 0 Å². The predicted molar refractivity (Wildman–Crippen MR) is 105 cm³/mol. The molecule has 1 saturated carbocycles. The van der Waals surface area contributed by atoms with Crippen molar-refractivity contribution in [3.05, 3.63) is 65.7 Å². The smallest absolute Gasteiger partial charge is 0.308 e. The van der Waals surface area contributed by atoms with Gasteiger partial charge in [0, 0.05) is 18.5 Å². The number of carboxylic acids is 1. The summed E-state index contributed by atoms with van der Waals surface area (Å²) in [5.74, 6) is -0.125. The van der Waals surface area contributed by atoms with Gasteiger partial charge in [-0.2, -0.15) is 0 Å². The number of amides is 1. The Morgan fingerprint density at radius 1 is 1.07 bits per heavy atom. The van der Waals surface area contributed by atoms with Gasteiger partial charge < -0.3 is 14.7 Å². The van der Waals surface area contributed by atoms with Gasteiger partial charge in [0.1, 0.15) is 12.4 Å². The number of hydrogen-bond acceptors (Lipinski definition) is 3. The zero-order valence-corrected chi connectivity index (χ0v) is 16.0. The molecule has 4 rings (SSSR count). The minimum atomic E-state index is -0.804. The molecule has 1 N–H and O–H groups in total. The van der Waals surface area contributed by atoms with Crippen molar-refractivity contribution < 1.29 is 19.4 Å². The van der Waals surface area contributed by atoms with E-state index in [9.17, 15) is 14.7 Å². The van der Waals surface area contributed by atoms with Gasteiger partial charge in [0.15, 0.2) is 0 Å². The van der Waals surface area contributed by atoms with Crippen LogP contribution in [0.1, 0.15) is 36.8 Å². The van der Waals surface area contributed by atoms with E-state index in [1.807, 2.05) is 61.5 Å². The maximum absolute atomic E-state index is 12.8. The molecule has 2 aromatic carbocycles. The first-order valence-electron chi connectivity index (χ1n) is 9.84. The Morgan fingerprint density at radius 3 is 2.43 bits per heavy atom. The van der Waals surface area contributed by atoms with E-state index < -0.39 is 11.9 Å². The van der Waals surface area contributed by atoms with Crippen LogP contribution in [0.5, 0.6) is 5.75 Å². The normalized spacial score (nSPS) is 26.1. The molecule has 4 atom stereocenters. The maximum atomic E-state index is 12.8. The minimum Gasteiger partial charge on any atom is -0.489 e. The van der Waals surface area contributed by atoms with Crippen molar-refractivity contribution in [3.8, 4) is 5.75 Å². The Labute approximate surface area is 164 Å². The lowest BCUT2D eigenvalue weighted by molar-refractivity contribution is -0.143. The van der Waals surface area contributed by atoms with Crippen molar-refractivity contribution >= 4 is 11.9 Å². The van der Waals surface area contributed by atoms with Crippen LogP contribution in [-0.2, 0) is 16.2 Å². The highest BCUT2D eigenvalue weighted by Gasteiger charge is 2.49. The summed E-state index contributed by atoms with van der Waals surface area (Å²) in [4.78, 5) is 25.8. The molecule has 0 aromatic heterocycles. The average Bonchev–Trinajstić information content (AvgIpc) is 3.42. The Bertz CT molecular complexity index is 849. The van der Waals surface area contributed by atoms with Crippen LogP contribution >= 0.6 is 0 Å². The molecule has 1 amide bonds. The Hall–Kier alpha value is -2.82. The minimum absolute atomic E-state index is 0.0221. The van der Waals surface area contributed by atoms with Crippen LogP contribution in [0.2, 0.25) is 0 Å². The number of carboxylic acid groups (broad SMARTS) is 1. The summed E-state index contributed by atoms with van der Waals surface area (Å²) in [5, 5.41) is 9.26. The van der Waals surface area contributed by atoms with Gasteiger partial charge in [-0.25, -0.2) is 0 Å². The van der Waals surface area contributed by atoms with E-state index in [1.54, 1.807) is 4.90 Å². The first-order chi connectivity index (χ1) is 13.5. The predicted octanol–water partition coefficient (Wildman–Crippen LogP) is 3.69. The van der Waals surface area contributed by atoms with Crippen LogP contribution in [0.4, 0.5) is 0 Å². The Morgan fingerprint density at radius 2 is 1.79 bits per heavy atom. The zero-order chi connectivity index (χ0) is 19.7. The van der Waals surface area contributed by atoms with Crippen molar-refractivity contribution in [3.63, 3.8) is 0 Å². The van der Waals surface area contributed by atoms with E-state index in [0.717, 1.165) is 23.3 Å². The summed E-state index contributed by atoms with van der Waals surface area (Å²) in [6, 6.07) is 17.8. The molecule has 1 saturated heterocycles. The van der Waals surface area contributed by atoms with Crippen LogP contribution in [0.15, 0.2) is 54.6 Å². The topological polar surface area (TPSA) is 66.8 Å². The summed E-state index contributed by atoms with van der Waals surface area (Å²) >= 11 is 0. The number of benzene rings is 2. The van der Waals surface area contributed by atoms with Gasteiger partial charge in [0.25, 0.3) is 0 Å². The molecule has 28 heavy (non-hydrogen) atoms. The number of carbonyl (C=O) groups is 2. The molecule has 0 bridgehead atoms. The lowest BCUT2D eigenvalue weighted by atomic mass is 10.0. The molecule has 2 aromatic rings. The lowest BCUT2D eigenvalue weighted by Gasteiger charge is -2.23.